The van der Waals surface area contributed by atoms with Crippen LogP contribution in [0.1, 0.15) is 41.4 Å². The molecule has 6 rings (SSSR count). The molecule has 2 heterocycles. The van der Waals surface area contributed by atoms with Gasteiger partial charge in [0.15, 0.2) is 17.3 Å². The summed E-state index contributed by atoms with van der Waals surface area (Å²) in [6.07, 6.45) is 0.716. The molecule has 1 aliphatic carbocycles. The van der Waals surface area contributed by atoms with E-state index in [1.807, 2.05) is 36.4 Å². The standard InChI is InChI=1S/C30H26N4O6/c1-39-24-12-11-17(16-25(24)40-2)19-14-22-27(23(35)15-19)26(18-7-6-10-21(13-18)34(37)38)28-29(31-22)32-33(30(28)36)20-8-4-3-5-9-20/h3-13,16,19,26,31-32H,14-15H2,1-2H3. The van der Waals surface area contributed by atoms with Crippen LogP contribution in [-0.4, -0.2) is 34.7 Å². The minimum absolute atomic E-state index is 0.106. The van der Waals surface area contributed by atoms with Gasteiger partial charge in [0, 0.05) is 35.7 Å². The van der Waals surface area contributed by atoms with Crippen molar-refractivity contribution in [2.45, 2.75) is 24.7 Å². The minimum Gasteiger partial charge on any atom is -0.493 e. The summed E-state index contributed by atoms with van der Waals surface area (Å²) in [6, 6.07) is 20.9. The average molecular weight is 539 g/mol. The maximum atomic E-state index is 13.9. The van der Waals surface area contributed by atoms with E-state index in [2.05, 4.69) is 10.4 Å². The third-order valence-corrected chi connectivity index (χ3v) is 7.60. The number of benzene rings is 3. The van der Waals surface area contributed by atoms with Gasteiger partial charge in [0.25, 0.3) is 11.2 Å². The number of para-hydroxylation sites is 1. The number of ketones is 1. The number of anilines is 1. The summed E-state index contributed by atoms with van der Waals surface area (Å²) < 4.78 is 12.3. The van der Waals surface area contributed by atoms with Gasteiger partial charge in [-0.15, -0.1) is 0 Å². The van der Waals surface area contributed by atoms with Crippen LogP contribution in [0, 0.1) is 10.1 Å². The monoisotopic (exact) mass is 538 g/mol. The van der Waals surface area contributed by atoms with Crippen molar-refractivity contribution in [3.05, 3.63) is 121 Å². The molecule has 2 unspecified atom stereocenters. The van der Waals surface area contributed by atoms with Crippen LogP contribution in [0.2, 0.25) is 0 Å². The highest BCUT2D eigenvalue weighted by atomic mass is 16.6. The number of carbonyl (C=O) groups excluding carboxylic acids is 1. The second kappa shape index (κ2) is 9.88. The number of aromatic nitrogens is 2. The van der Waals surface area contributed by atoms with Crippen molar-refractivity contribution in [1.82, 2.24) is 9.78 Å². The van der Waals surface area contributed by atoms with Gasteiger partial charge in [-0.1, -0.05) is 36.4 Å². The van der Waals surface area contributed by atoms with E-state index < -0.39 is 10.8 Å². The molecule has 0 bridgehead atoms. The van der Waals surface area contributed by atoms with Crippen LogP contribution in [-0.2, 0) is 4.79 Å². The number of allylic oxidation sites excluding steroid dienone is 2. The summed E-state index contributed by atoms with van der Waals surface area (Å²) >= 11 is 0. The maximum Gasteiger partial charge on any atom is 0.277 e. The van der Waals surface area contributed by atoms with E-state index in [9.17, 15) is 19.7 Å². The molecule has 1 aromatic heterocycles. The van der Waals surface area contributed by atoms with Crippen LogP contribution in [0.5, 0.6) is 11.5 Å². The van der Waals surface area contributed by atoms with Gasteiger partial charge >= 0.3 is 0 Å². The molecule has 0 radical (unpaired) electrons. The second-order valence-corrected chi connectivity index (χ2v) is 9.82. The van der Waals surface area contributed by atoms with E-state index >= 15 is 0 Å². The molecule has 3 aromatic carbocycles. The maximum absolute atomic E-state index is 13.9. The molecular weight excluding hydrogens is 512 g/mol. The van der Waals surface area contributed by atoms with Gasteiger partial charge in [0.05, 0.1) is 30.4 Å². The van der Waals surface area contributed by atoms with Gasteiger partial charge in [-0.2, -0.15) is 0 Å². The van der Waals surface area contributed by atoms with Crippen molar-refractivity contribution in [3.63, 3.8) is 0 Å². The highest BCUT2D eigenvalue weighted by Gasteiger charge is 2.41. The fraction of sp³-hybridized carbons (Fsp3) is 0.200. The number of Topliss-reactive ketones (excluding diaryl/α,β-unsaturated/α-hetero) is 1. The summed E-state index contributed by atoms with van der Waals surface area (Å²) in [5.41, 5.74) is 3.13. The molecule has 2 aliphatic rings. The van der Waals surface area contributed by atoms with Gasteiger partial charge in [-0.3, -0.25) is 24.8 Å². The Labute approximate surface area is 229 Å². The third kappa shape index (κ3) is 4.14. The van der Waals surface area contributed by atoms with E-state index in [4.69, 9.17) is 9.47 Å². The smallest absolute Gasteiger partial charge is 0.277 e. The van der Waals surface area contributed by atoms with Crippen LogP contribution in [0.25, 0.3) is 5.69 Å². The lowest BCUT2D eigenvalue weighted by molar-refractivity contribution is -0.384. The molecule has 0 amide bonds. The summed E-state index contributed by atoms with van der Waals surface area (Å²) in [4.78, 5) is 38.8. The first-order chi connectivity index (χ1) is 19.4. The molecule has 4 aromatic rings. The minimum atomic E-state index is -0.765. The molecule has 0 saturated carbocycles. The van der Waals surface area contributed by atoms with Gasteiger partial charge in [0.2, 0.25) is 0 Å². The average Bonchev–Trinajstić information content (AvgIpc) is 3.31. The number of carbonyl (C=O) groups is 1. The first-order valence-electron chi connectivity index (χ1n) is 12.8. The Balaban J connectivity index is 1.49. The van der Waals surface area contributed by atoms with E-state index in [0.29, 0.717) is 51.8 Å². The Bertz CT molecular complexity index is 1740. The molecular formula is C30H26N4O6. The van der Waals surface area contributed by atoms with E-state index in [-0.39, 0.29) is 29.4 Å². The molecule has 2 atom stereocenters. The fourth-order valence-electron chi connectivity index (χ4n) is 5.75. The molecule has 2 N–H and O–H groups in total. The van der Waals surface area contributed by atoms with E-state index in [1.165, 1.54) is 16.8 Å². The number of nitro groups is 1. The van der Waals surface area contributed by atoms with Crippen molar-refractivity contribution in [3.8, 4) is 17.2 Å². The number of nitro benzene ring substituents is 1. The number of hydrogen-bond donors (Lipinski definition) is 2. The van der Waals surface area contributed by atoms with Crippen LogP contribution in [0.3, 0.4) is 0 Å². The normalized spacial score (nSPS) is 18.0. The topological polar surface area (TPSA) is 128 Å². The second-order valence-electron chi connectivity index (χ2n) is 9.82. The zero-order chi connectivity index (χ0) is 28.0. The van der Waals surface area contributed by atoms with Crippen molar-refractivity contribution in [1.29, 1.82) is 0 Å². The molecule has 10 nitrogen and oxygen atoms in total. The van der Waals surface area contributed by atoms with Gasteiger partial charge in [0.1, 0.15) is 5.82 Å². The molecule has 40 heavy (non-hydrogen) atoms. The Morgan fingerprint density at radius 3 is 2.40 bits per heavy atom. The van der Waals surface area contributed by atoms with Crippen LogP contribution >= 0.6 is 0 Å². The highest BCUT2D eigenvalue weighted by Crippen LogP contribution is 2.47. The number of ether oxygens (including phenoxy) is 2. The largest absolute Gasteiger partial charge is 0.493 e. The number of nitrogens with one attached hydrogen (secondary N) is 2. The zero-order valence-electron chi connectivity index (χ0n) is 21.8. The lowest BCUT2D eigenvalue weighted by atomic mass is 9.72. The number of rotatable bonds is 6. The molecule has 10 heteroatoms. The van der Waals surface area contributed by atoms with Gasteiger partial charge in [-0.25, -0.2) is 4.68 Å². The van der Waals surface area contributed by atoms with Crippen LogP contribution in [0.15, 0.2) is 88.9 Å². The molecule has 1 aliphatic heterocycles. The number of hydrogen-bond acceptors (Lipinski definition) is 7. The quantitative estimate of drug-likeness (QED) is 0.260. The number of methoxy groups -OCH3 is 2. The Hall–Kier alpha value is -5.12. The van der Waals surface area contributed by atoms with Gasteiger partial charge < -0.3 is 14.8 Å². The molecule has 202 valence electrons. The fourth-order valence-corrected chi connectivity index (χ4v) is 5.75. The summed E-state index contributed by atoms with van der Waals surface area (Å²) in [6.45, 7) is 0. The van der Waals surface area contributed by atoms with Crippen molar-refractivity contribution in [2.24, 2.45) is 0 Å². The zero-order valence-corrected chi connectivity index (χ0v) is 21.8. The predicted octanol–water partition coefficient (Wildman–Crippen LogP) is 5.05. The van der Waals surface area contributed by atoms with E-state index in [1.54, 1.807) is 38.5 Å². The predicted molar refractivity (Wildman–Crippen MR) is 149 cm³/mol. The van der Waals surface area contributed by atoms with Gasteiger partial charge in [-0.05, 0) is 47.7 Å². The molecule has 0 saturated heterocycles. The molecule has 0 spiro atoms. The van der Waals surface area contributed by atoms with Crippen molar-refractivity contribution in [2.75, 3.05) is 19.5 Å². The molecule has 0 fully saturated rings. The van der Waals surface area contributed by atoms with Crippen LogP contribution < -0.4 is 20.3 Å². The third-order valence-electron chi connectivity index (χ3n) is 7.60. The van der Waals surface area contributed by atoms with Crippen LogP contribution in [0.4, 0.5) is 11.5 Å². The Morgan fingerprint density at radius 2 is 1.68 bits per heavy atom. The number of non-ortho nitro benzene ring substituents is 1. The SMILES string of the molecule is COc1ccc(C2CC(=O)C3=C(C2)Nc2[nH]n(-c4ccccc4)c(=O)c2C3c2cccc([N+](=O)[O-])c2)cc1OC. The van der Waals surface area contributed by atoms with Crippen molar-refractivity contribution >= 4 is 17.3 Å². The Kier molecular flexibility index (Phi) is 6.22. The summed E-state index contributed by atoms with van der Waals surface area (Å²) in [5, 5.41) is 18.1. The lowest BCUT2D eigenvalue weighted by Gasteiger charge is -2.34. The van der Waals surface area contributed by atoms with Crippen molar-refractivity contribution < 1.29 is 19.2 Å². The Morgan fingerprint density at radius 1 is 0.900 bits per heavy atom. The first-order valence-corrected chi connectivity index (χ1v) is 12.8. The van der Waals surface area contributed by atoms with E-state index in [0.717, 1.165) is 5.56 Å². The highest BCUT2D eigenvalue weighted by molar-refractivity contribution is 6.01. The number of nitrogens with zero attached hydrogens (tertiary/aromatic N) is 2. The lowest BCUT2D eigenvalue weighted by Crippen LogP contribution is -2.32. The first kappa shape index (κ1) is 25.2. The summed E-state index contributed by atoms with van der Waals surface area (Å²) in [7, 11) is 3.13. The number of fused-ring (bicyclic) bond motifs is 1. The number of H-pyrrole nitrogens is 1. The summed E-state index contributed by atoms with van der Waals surface area (Å²) in [5.74, 6) is 0.601. The number of aromatic amines is 1.